The number of amides is 1. The molecule has 1 aromatic carbocycles. The van der Waals surface area contributed by atoms with Crippen molar-refractivity contribution in [2.75, 3.05) is 0 Å². The lowest BCUT2D eigenvalue weighted by Crippen LogP contribution is -2.26. The van der Waals surface area contributed by atoms with E-state index in [4.69, 9.17) is 5.11 Å². The zero-order valence-electron chi connectivity index (χ0n) is 10.7. The Morgan fingerprint density at radius 2 is 2.05 bits per heavy atom. The van der Waals surface area contributed by atoms with E-state index < -0.39 is 30.1 Å². The fourth-order valence-corrected chi connectivity index (χ4v) is 1.93. The maximum absolute atomic E-state index is 12.1. The van der Waals surface area contributed by atoms with Crippen molar-refractivity contribution in [3.63, 3.8) is 0 Å². The fraction of sp³-hybridized carbons (Fsp3) is 0.385. The van der Waals surface area contributed by atoms with Crippen LogP contribution in [0.4, 0.5) is 13.2 Å². The third-order valence-electron chi connectivity index (χ3n) is 3.04. The number of alkyl halides is 3. The minimum absolute atomic E-state index is 0.0106. The van der Waals surface area contributed by atoms with Gasteiger partial charge >= 0.3 is 12.3 Å². The van der Waals surface area contributed by atoms with Crippen molar-refractivity contribution in [3.8, 4) is 5.75 Å². The van der Waals surface area contributed by atoms with Gasteiger partial charge in [0.2, 0.25) is 5.91 Å². The van der Waals surface area contributed by atoms with Crippen LogP contribution < -0.4 is 10.1 Å². The average Bonchev–Trinajstić information content (AvgIpc) is 3.14. The molecule has 5 nitrogen and oxygen atoms in total. The van der Waals surface area contributed by atoms with E-state index in [1.165, 1.54) is 12.1 Å². The van der Waals surface area contributed by atoms with Crippen LogP contribution in [0.3, 0.4) is 0 Å². The summed E-state index contributed by atoms with van der Waals surface area (Å²) in [5.74, 6) is -3.02. The van der Waals surface area contributed by atoms with Crippen LogP contribution in [-0.4, -0.2) is 23.3 Å². The summed E-state index contributed by atoms with van der Waals surface area (Å²) in [7, 11) is 0. The third kappa shape index (κ3) is 4.37. The van der Waals surface area contributed by atoms with Gasteiger partial charge in [-0.15, -0.1) is 13.2 Å². The van der Waals surface area contributed by atoms with Crippen molar-refractivity contribution in [3.05, 3.63) is 29.8 Å². The van der Waals surface area contributed by atoms with Crippen molar-refractivity contribution >= 4 is 11.9 Å². The van der Waals surface area contributed by atoms with E-state index in [1.54, 1.807) is 0 Å². The first kappa shape index (κ1) is 15.1. The van der Waals surface area contributed by atoms with Gasteiger partial charge in [0, 0.05) is 6.54 Å². The lowest BCUT2D eigenvalue weighted by atomic mass is 10.2. The Morgan fingerprint density at radius 1 is 1.33 bits per heavy atom. The van der Waals surface area contributed by atoms with E-state index >= 15 is 0 Å². The molecule has 0 heterocycles. The first-order valence-electron chi connectivity index (χ1n) is 6.11. The Hall–Kier alpha value is -2.25. The van der Waals surface area contributed by atoms with E-state index in [9.17, 15) is 22.8 Å². The number of aliphatic carboxylic acids is 1. The second-order valence-corrected chi connectivity index (χ2v) is 4.70. The molecule has 0 aliphatic heterocycles. The van der Waals surface area contributed by atoms with Crippen LogP contribution in [0.15, 0.2) is 24.3 Å². The predicted octanol–water partition coefficient (Wildman–Crippen LogP) is 1.92. The summed E-state index contributed by atoms with van der Waals surface area (Å²) in [5.41, 5.74) is 0.428. The normalized spacial score (nSPS) is 20.7. The van der Waals surface area contributed by atoms with Gasteiger partial charge in [0.15, 0.2) is 0 Å². The summed E-state index contributed by atoms with van der Waals surface area (Å²) in [6, 6.07) is 5.22. The highest BCUT2D eigenvalue weighted by Gasteiger charge is 2.48. The molecule has 2 atom stereocenters. The molecular weight excluding hydrogens is 291 g/mol. The molecule has 1 aliphatic carbocycles. The number of carboxylic acid groups (broad SMARTS) is 1. The molecule has 1 fully saturated rings. The summed E-state index contributed by atoms with van der Waals surface area (Å²) in [6.45, 7) is 0.0106. The van der Waals surface area contributed by atoms with Crippen LogP contribution >= 0.6 is 0 Å². The number of nitrogens with one attached hydrogen (secondary N) is 1. The van der Waals surface area contributed by atoms with Crippen LogP contribution in [0.25, 0.3) is 0 Å². The molecule has 1 saturated carbocycles. The maximum atomic E-state index is 12.1. The standard InChI is InChI=1S/C13H12F3NO4/c14-13(15,16)21-8-3-1-2-7(4-8)6-17-11(18)9-5-10(9)12(19)20/h1-4,9-10H,5-6H2,(H,17,18)(H,19,20)/t9-,10+/m0/s1. The van der Waals surface area contributed by atoms with E-state index in [0.717, 1.165) is 12.1 Å². The molecule has 1 amide bonds. The SMILES string of the molecule is O=C(NCc1cccc(OC(F)(F)F)c1)[C@H]1C[C@H]1C(=O)O. The summed E-state index contributed by atoms with van der Waals surface area (Å²) in [6.07, 6.45) is -4.48. The molecule has 2 N–H and O–H groups in total. The lowest BCUT2D eigenvalue weighted by molar-refractivity contribution is -0.274. The van der Waals surface area contributed by atoms with Crippen molar-refractivity contribution in [2.24, 2.45) is 11.8 Å². The van der Waals surface area contributed by atoms with E-state index in [1.807, 2.05) is 0 Å². The molecule has 0 saturated heterocycles. The minimum atomic E-state index is -4.77. The van der Waals surface area contributed by atoms with Gasteiger partial charge in [-0.1, -0.05) is 12.1 Å². The lowest BCUT2D eigenvalue weighted by Gasteiger charge is -2.10. The van der Waals surface area contributed by atoms with E-state index in [0.29, 0.717) is 12.0 Å². The number of halogens is 3. The average molecular weight is 303 g/mol. The fourth-order valence-electron chi connectivity index (χ4n) is 1.93. The number of ether oxygens (including phenoxy) is 1. The Labute approximate surface area is 117 Å². The maximum Gasteiger partial charge on any atom is 0.573 e. The van der Waals surface area contributed by atoms with Crippen molar-refractivity contribution in [1.82, 2.24) is 5.32 Å². The molecule has 1 aliphatic rings. The van der Waals surface area contributed by atoms with E-state index in [2.05, 4.69) is 10.1 Å². The van der Waals surface area contributed by atoms with Crippen LogP contribution in [0.2, 0.25) is 0 Å². The molecular formula is C13H12F3NO4. The molecule has 0 aromatic heterocycles. The second-order valence-electron chi connectivity index (χ2n) is 4.70. The second kappa shape index (κ2) is 5.63. The highest BCUT2D eigenvalue weighted by Crippen LogP contribution is 2.38. The molecule has 1 aromatic rings. The van der Waals surface area contributed by atoms with Gasteiger partial charge in [0.25, 0.3) is 0 Å². The Morgan fingerprint density at radius 3 is 2.62 bits per heavy atom. The minimum Gasteiger partial charge on any atom is -0.481 e. The topological polar surface area (TPSA) is 75.6 Å². The Kier molecular flexibility index (Phi) is 4.06. The molecule has 0 unspecified atom stereocenters. The number of benzene rings is 1. The first-order valence-corrected chi connectivity index (χ1v) is 6.11. The van der Waals surface area contributed by atoms with Gasteiger partial charge in [-0.3, -0.25) is 9.59 Å². The first-order chi connectivity index (χ1) is 9.76. The predicted molar refractivity (Wildman–Crippen MR) is 64.2 cm³/mol. The highest BCUT2D eigenvalue weighted by molar-refractivity contribution is 5.89. The van der Waals surface area contributed by atoms with Crippen molar-refractivity contribution < 1.29 is 32.6 Å². The number of carboxylic acids is 1. The van der Waals surface area contributed by atoms with Gasteiger partial charge in [0.1, 0.15) is 5.75 Å². The third-order valence-corrected chi connectivity index (χ3v) is 3.04. The molecule has 8 heteroatoms. The van der Waals surface area contributed by atoms with Crippen LogP contribution in [-0.2, 0) is 16.1 Å². The smallest absolute Gasteiger partial charge is 0.481 e. The number of carbonyl (C=O) groups is 2. The van der Waals surface area contributed by atoms with Crippen molar-refractivity contribution in [1.29, 1.82) is 0 Å². The Bertz CT molecular complexity index is 559. The molecule has 0 radical (unpaired) electrons. The zero-order valence-corrected chi connectivity index (χ0v) is 10.7. The number of carbonyl (C=O) groups excluding carboxylic acids is 1. The highest BCUT2D eigenvalue weighted by atomic mass is 19.4. The van der Waals surface area contributed by atoms with Crippen LogP contribution in [0.1, 0.15) is 12.0 Å². The Balaban J connectivity index is 1.88. The zero-order chi connectivity index (χ0) is 15.6. The molecule has 2 rings (SSSR count). The monoisotopic (exact) mass is 303 g/mol. The number of hydrogen-bond donors (Lipinski definition) is 2. The molecule has 0 spiro atoms. The van der Waals surface area contributed by atoms with Gasteiger partial charge < -0.3 is 15.2 Å². The largest absolute Gasteiger partial charge is 0.573 e. The van der Waals surface area contributed by atoms with Gasteiger partial charge in [-0.05, 0) is 24.1 Å². The summed E-state index contributed by atoms with van der Waals surface area (Å²) >= 11 is 0. The van der Waals surface area contributed by atoms with E-state index in [-0.39, 0.29) is 12.3 Å². The van der Waals surface area contributed by atoms with Gasteiger partial charge in [-0.25, -0.2) is 0 Å². The quantitative estimate of drug-likeness (QED) is 0.871. The summed E-state index contributed by atoms with van der Waals surface area (Å²) < 4.78 is 40.0. The van der Waals surface area contributed by atoms with Gasteiger partial charge in [-0.2, -0.15) is 0 Å². The summed E-state index contributed by atoms with van der Waals surface area (Å²) in [5, 5.41) is 11.2. The number of rotatable bonds is 5. The summed E-state index contributed by atoms with van der Waals surface area (Å²) in [4.78, 5) is 22.2. The molecule has 21 heavy (non-hydrogen) atoms. The van der Waals surface area contributed by atoms with Crippen LogP contribution in [0, 0.1) is 11.8 Å². The molecule has 0 bridgehead atoms. The van der Waals surface area contributed by atoms with Gasteiger partial charge in [0.05, 0.1) is 11.8 Å². The number of hydrogen-bond acceptors (Lipinski definition) is 3. The molecule has 114 valence electrons. The van der Waals surface area contributed by atoms with Crippen LogP contribution in [0.5, 0.6) is 5.75 Å². The van der Waals surface area contributed by atoms with Crippen molar-refractivity contribution in [2.45, 2.75) is 19.3 Å².